The Morgan fingerprint density at radius 3 is 1.79 bits per heavy atom. The number of fused-ring (bicyclic) bond motifs is 14. The summed E-state index contributed by atoms with van der Waals surface area (Å²) in [5, 5.41) is 16.6. The van der Waals surface area contributed by atoms with Gasteiger partial charge in [-0.2, -0.15) is 0 Å². The number of nitrogens with one attached hydrogen (secondary N) is 1. The zero-order valence-corrected chi connectivity index (χ0v) is 21.2. The molecule has 9 rings (SSSR count). The van der Waals surface area contributed by atoms with E-state index in [-0.39, 0.29) is 0 Å². The second-order valence-electron chi connectivity index (χ2n) is 10.5. The fraction of sp³-hybridized carbons (Fsp3) is 0.0270. The molecule has 0 unspecified atom stereocenters. The van der Waals surface area contributed by atoms with Gasteiger partial charge >= 0.3 is 0 Å². The second kappa shape index (κ2) is 7.72. The lowest BCUT2D eigenvalue weighted by Crippen LogP contribution is -2.17. The summed E-state index contributed by atoms with van der Waals surface area (Å²) in [5.74, 6) is 0. The molecule has 0 radical (unpaired) electrons. The molecule has 0 aliphatic carbocycles. The molecule has 1 aliphatic rings. The normalized spacial score (nSPS) is 13.4. The van der Waals surface area contributed by atoms with Crippen molar-refractivity contribution in [2.45, 2.75) is 6.54 Å². The topological polar surface area (TPSA) is 25.2 Å². The van der Waals surface area contributed by atoms with Crippen molar-refractivity contribution in [1.82, 2.24) is 5.32 Å². The zero-order chi connectivity index (χ0) is 25.5. The predicted octanol–water partition coefficient (Wildman–Crippen LogP) is 9.80. The zero-order valence-electron chi connectivity index (χ0n) is 21.2. The summed E-state index contributed by atoms with van der Waals surface area (Å²) >= 11 is 0. The first-order chi connectivity index (χ1) is 19.4. The maximum absolute atomic E-state index is 6.41. The van der Waals surface area contributed by atoms with Crippen LogP contribution in [0.1, 0.15) is 16.7 Å². The maximum Gasteiger partial charge on any atom is 0.144 e. The molecule has 0 spiro atoms. The van der Waals surface area contributed by atoms with Crippen LogP contribution in [0.4, 0.5) is 0 Å². The van der Waals surface area contributed by atoms with Crippen molar-refractivity contribution in [2.75, 3.05) is 0 Å². The Morgan fingerprint density at radius 2 is 1.05 bits per heavy atom. The number of hydrogen-bond acceptors (Lipinski definition) is 2. The van der Waals surface area contributed by atoms with Crippen molar-refractivity contribution in [3.05, 3.63) is 132 Å². The predicted molar refractivity (Wildman–Crippen MR) is 165 cm³/mol. The molecule has 2 heteroatoms. The molecule has 1 aliphatic heterocycles. The molecule has 2 nitrogen and oxygen atoms in total. The van der Waals surface area contributed by atoms with Gasteiger partial charge in [0, 0.05) is 28.6 Å². The molecule has 7 aromatic carbocycles. The van der Waals surface area contributed by atoms with E-state index >= 15 is 0 Å². The van der Waals surface area contributed by atoms with Gasteiger partial charge in [-0.25, -0.2) is 0 Å². The van der Waals surface area contributed by atoms with E-state index in [0.717, 1.165) is 39.7 Å². The molecule has 0 saturated carbocycles. The average molecular weight is 498 g/mol. The number of benzene rings is 7. The van der Waals surface area contributed by atoms with Crippen molar-refractivity contribution < 1.29 is 4.42 Å². The van der Waals surface area contributed by atoms with Gasteiger partial charge in [0.05, 0.1) is 0 Å². The molecule has 0 amide bonds. The van der Waals surface area contributed by atoms with E-state index in [1.165, 1.54) is 54.2 Å². The molecular formula is C37H23NO. The first-order valence-electron chi connectivity index (χ1n) is 13.5. The van der Waals surface area contributed by atoms with Crippen LogP contribution in [0.15, 0.2) is 120 Å². The molecule has 0 bridgehead atoms. The number of rotatable bonds is 1. The van der Waals surface area contributed by atoms with Crippen molar-refractivity contribution in [3.63, 3.8) is 0 Å². The second-order valence-corrected chi connectivity index (χ2v) is 10.5. The minimum absolute atomic E-state index is 0.751. The van der Waals surface area contributed by atoms with E-state index in [4.69, 9.17) is 4.42 Å². The van der Waals surface area contributed by atoms with Gasteiger partial charge in [0.15, 0.2) is 0 Å². The van der Waals surface area contributed by atoms with E-state index in [9.17, 15) is 0 Å². The summed E-state index contributed by atoms with van der Waals surface area (Å²) in [6, 6.07) is 41.3. The van der Waals surface area contributed by atoms with Crippen LogP contribution in [0.25, 0.3) is 76.8 Å². The first-order valence-corrected chi connectivity index (χ1v) is 13.5. The lowest BCUT2D eigenvalue weighted by molar-refractivity contribution is 0.666. The highest BCUT2D eigenvalue weighted by atomic mass is 16.3. The first kappa shape index (κ1) is 20.9. The van der Waals surface area contributed by atoms with Gasteiger partial charge < -0.3 is 9.73 Å². The van der Waals surface area contributed by atoms with Crippen LogP contribution in [0.2, 0.25) is 0 Å². The van der Waals surface area contributed by atoms with Crippen LogP contribution >= 0.6 is 0 Å². The van der Waals surface area contributed by atoms with Crippen molar-refractivity contribution in [2.24, 2.45) is 0 Å². The molecule has 2 heterocycles. The Kier molecular flexibility index (Phi) is 4.14. The summed E-state index contributed by atoms with van der Waals surface area (Å²) in [6.45, 7) is 0.751. The Morgan fingerprint density at radius 1 is 0.487 bits per heavy atom. The third-order valence-electron chi connectivity index (χ3n) is 8.49. The molecule has 8 aromatic rings. The van der Waals surface area contributed by atoms with E-state index < -0.39 is 0 Å². The lowest BCUT2D eigenvalue weighted by Gasteiger charge is -2.25. The number of hydrogen-bond donors (Lipinski definition) is 1. The third-order valence-corrected chi connectivity index (χ3v) is 8.49. The van der Waals surface area contributed by atoms with E-state index in [0.29, 0.717) is 0 Å². The fourth-order valence-electron chi connectivity index (χ4n) is 6.83. The van der Waals surface area contributed by atoms with Gasteiger partial charge in [-0.15, -0.1) is 0 Å². The van der Waals surface area contributed by atoms with Crippen LogP contribution < -0.4 is 5.32 Å². The number of para-hydroxylation sites is 2. The Hall–Kier alpha value is -5.08. The summed E-state index contributed by atoms with van der Waals surface area (Å²) < 4.78 is 6.41. The molecule has 182 valence electrons. The third kappa shape index (κ3) is 2.81. The standard InChI is InChI=1S/C37H23NO/c1-4-14-26-22(10-1)23-11-2-5-15-27(23)36-32-21-38-33(20-31(32)24-12-3-6-16-28(24)35(26)36)30-18-9-17-29-25-13-7-8-19-34(25)39-37(29)30/h1-20,38H,21H2. The minimum atomic E-state index is 0.751. The monoisotopic (exact) mass is 497 g/mol. The van der Waals surface area contributed by atoms with Crippen molar-refractivity contribution in [3.8, 4) is 0 Å². The molecule has 1 aromatic heterocycles. The Labute approximate surface area is 224 Å². The lowest BCUT2D eigenvalue weighted by atomic mass is 9.84. The average Bonchev–Trinajstić information content (AvgIpc) is 3.39. The highest BCUT2D eigenvalue weighted by Gasteiger charge is 2.23. The van der Waals surface area contributed by atoms with E-state index in [2.05, 4.69) is 115 Å². The Balaban J connectivity index is 1.42. The van der Waals surface area contributed by atoms with Crippen molar-refractivity contribution >= 4 is 76.8 Å². The van der Waals surface area contributed by atoms with Crippen LogP contribution in [0.3, 0.4) is 0 Å². The van der Waals surface area contributed by atoms with Crippen LogP contribution in [-0.4, -0.2) is 0 Å². The molecule has 0 fully saturated rings. The molecule has 1 N–H and O–H groups in total. The maximum atomic E-state index is 6.41. The quantitative estimate of drug-likeness (QED) is 0.228. The Bertz CT molecular complexity index is 2340. The van der Waals surface area contributed by atoms with Crippen LogP contribution in [0.5, 0.6) is 0 Å². The molecule has 0 saturated heterocycles. The van der Waals surface area contributed by atoms with Crippen LogP contribution in [-0.2, 0) is 6.54 Å². The highest BCUT2D eigenvalue weighted by Crippen LogP contribution is 2.45. The van der Waals surface area contributed by atoms with Gasteiger partial charge in [-0.1, -0.05) is 103 Å². The van der Waals surface area contributed by atoms with Gasteiger partial charge in [0.1, 0.15) is 11.2 Å². The summed E-state index contributed by atoms with van der Waals surface area (Å²) in [6.07, 6.45) is 2.34. The van der Waals surface area contributed by atoms with Crippen LogP contribution in [0, 0.1) is 0 Å². The molecular weight excluding hydrogens is 474 g/mol. The fourth-order valence-corrected chi connectivity index (χ4v) is 6.83. The smallest absolute Gasteiger partial charge is 0.144 e. The van der Waals surface area contributed by atoms with E-state index in [1.54, 1.807) is 0 Å². The number of furan rings is 1. The molecule has 0 atom stereocenters. The summed E-state index contributed by atoms with van der Waals surface area (Å²) in [7, 11) is 0. The summed E-state index contributed by atoms with van der Waals surface area (Å²) in [4.78, 5) is 0. The highest BCUT2D eigenvalue weighted by molar-refractivity contribution is 6.33. The SMILES string of the molecule is C1=C(c2cccc3c2oc2ccccc23)NCc2c1c1ccccc1c1c3ccccc3c3ccccc3c21. The largest absolute Gasteiger partial charge is 0.455 e. The van der Waals surface area contributed by atoms with Gasteiger partial charge in [-0.05, 0) is 72.4 Å². The summed E-state index contributed by atoms with van der Waals surface area (Å²) in [5.41, 5.74) is 6.70. The van der Waals surface area contributed by atoms with Gasteiger partial charge in [-0.3, -0.25) is 0 Å². The molecule has 39 heavy (non-hydrogen) atoms. The van der Waals surface area contributed by atoms with E-state index in [1.807, 2.05) is 12.1 Å². The van der Waals surface area contributed by atoms with Crippen molar-refractivity contribution in [1.29, 1.82) is 0 Å². The minimum Gasteiger partial charge on any atom is -0.455 e. The van der Waals surface area contributed by atoms with Gasteiger partial charge in [0.2, 0.25) is 0 Å². The van der Waals surface area contributed by atoms with Gasteiger partial charge in [0.25, 0.3) is 0 Å².